The van der Waals surface area contributed by atoms with Crippen molar-refractivity contribution in [3.8, 4) is 0 Å². The molecule has 6 heteroatoms. The molecule has 0 aliphatic carbocycles. The topological polar surface area (TPSA) is 56.8 Å². The van der Waals surface area contributed by atoms with Crippen LogP contribution in [0.25, 0.3) is 6.08 Å². The number of nitrogens with zero attached hydrogens (tertiary/aromatic N) is 4. The van der Waals surface area contributed by atoms with E-state index in [1.54, 1.807) is 18.5 Å². The Hall–Kier alpha value is -2.99. The molecule has 1 unspecified atom stereocenters. The second kappa shape index (κ2) is 11.8. The first-order valence-corrected chi connectivity index (χ1v) is 12.1. The molecule has 2 aliphatic heterocycles. The van der Waals surface area contributed by atoms with Gasteiger partial charge in [-0.05, 0) is 54.5 Å². The number of aromatic nitrogens is 1. The van der Waals surface area contributed by atoms with Crippen LogP contribution in [0, 0.1) is 5.92 Å². The molecule has 2 amide bonds. The van der Waals surface area contributed by atoms with E-state index in [2.05, 4.69) is 34.1 Å². The van der Waals surface area contributed by atoms with Crippen LogP contribution in [0.15, 0.2) is 60.9 Å². The second-order valence-corrected chi connectivity index (χ2v) is 9.09. The molecule has 0 N–H and O–H groups in total. The highest BCUT2D eigenvalue weighted by molar-refractivity contribution is 5.91. The van der Waals surface area contributed by atoms with Crippen LogP contribution in [0.3, 0.4) is 0 Å². The first kappa shape index (κ1) is 23.2. The van der Waals surface area contributed by atoms with Gasteiger partial charge >= 0.3 is 0 Å². The molecule has 2 saturated heterocycles. The van der Waals surface area contributed by atoms with E-state index in [9.17, 15) is 9.59 Å². The number of carbonyl (C=O) groups is 2. The predicted octanol–water partition coefficient (Wildman–Crippen LogP) is 3.46. The molecule has 33 heavy (non-hydrogen) atoms. The SMILES string of the molecule is O=C(/C=C/c1ccncc1)N1CCCC(CCC(=O)N2CCN(Cc3ccccc3)CC2)C1. The number of hydrogen-bond acceptors (Lipinski definition) is 4. The number of amides is 2. The van der Waals surface area contributed by atoms with Crippen LogP contribution < -0.4 is 0 Å². The summed E-state index contributed by atoms with van der Waals surface area (Å²) in [6, 6.07) is 14.3. The number of carbonyl (C=O) groups excluding carboxylic acids is 2. The molecule has 2 aromatic rings. The monoisotopic (exact) mass is 446 g/mol. The summed E-state index contributed by atoms with van der Waals surface area (Å²) in [5, 5.41) is 0. The van der Waals surface area contributed by atoms with E-state index in [1.165, 1.54) is 5.56 Å². The quantitative estimate of drug-likeness (QED) is 0.612. The predicted molar refractivity (Wildman–Crippen MR) is 130 cm³/mol. The molecule has 0 spiro atoms. The average molecular weight is 447 g/mol. The van der Waals surface area contributed by atoms with E-state index in [1.807, 2.05) is 34.1 Å². The Balaban J connectivity index is 1.18. The molecule has 0 saturated carbocycles. The average Bonchev–Trinajstić information content (AvgIpc) is 2.88. The van der Waals surface area contributed by atoms with Crippen molar-refractivity contribution < 1.29 is 9.59 Å². The molecular formula is C27H34N4O2. The third-order valence-corrected chi connectivity index (χ3v) is 6.70. The third-order valence-electron chi connectivity index (χ3n) is 6.70. The summed E-state index contributed by atoms with van der Waals surface area (Å²) in [6.45, 7) is 5.96. The lowest BCUT2D eigenvalue weighted by atomic mass is 9.93. The van der Waals surface area contributed by atoms with Crippen molar-refractivity contribution in [2.45, 2.75) is 32.2 Å². The highest BCUT2D eigenvalue weighted by Crippen LogP contribution is 2.22. The van der Waals surface area contributed by atoms with Crippen molar-refractivity contribution in [3.05, 3.63) is 72.1 Å². The molecule has 0 radical (unpaired) electrons. The lowest BCUT2D eigenvalue weighted by Gasteiger charge is -2.36. The number of piperazine rings is 1. The maximum atomic E-state index is 12.8. The number of hydrogen-bond donors (Lipinski definition) is 0. The van der Waals surface area contributed by atoms with Crippen molar-refractivity contribution in [3.63, 3.8) is 0 Å². The first-order valence-electron chi connectivity index (χ1n) is 12.1. The molecule has 0 bridgehead atoms. The van der Waals surface area contributed by atoms with Crippen LogP contribution in [0.5, 0.6) is 0 Å². The van der Waals surface area contributed by atoms with E-state index >= 15 is 0 Å². The van der Waals surface area contributed by atoms with Crippen molar-refractivity contribution in [2.24, 2.45) is 5.92 Å². The Kier molecular flexibility index (Phi) is 8.25. The molecule has 4 rings (SSSR count). The minimum Gasteiger partial charge on any atom is -0.340 e. The normalized spacial score (nSPS) is 19.7. The molecular weight excluding hydrogens is 412 g/mol. The summed E-state index contributed by atoms with van der Waals surface area (Å²) in [4.78, 5) is 35.8. The Morgan fingerprint density at radius 2 is 1.70 bits per heavy atom. The van der Waals surface area contributed by atoms with Gasteiger partial charge in [0.2, 0.25) is 11.8 Å². The molecule has 1 aromatic heterocycles. The minimum absolute atomic E-state index is 0.0531. The van der Waals surface area contributed by atoms with Gasteiger partial charge in [-0.3, -0.25) is 19.5 Å². The molecule has 6 nitrogen and oxygen atoms in total. The molecule has 3 heterocycles. The Bertz CT molecular complexity index is 924. The van der Waals surface area contributed by atoms with Gasteiger partial charge in [0, 0.05) is 70.7 Å². The zero-order valence-electron chi connectivity index (χ0n) is 19.3. The van der Waals surface area contributed by atoms with Crippen molar-refractivity contribution in [1.29, 1.82) is 0 Å². The van der Waals surface area contributed by atoms with Crippen molar-refractivity contribution in [1.82, 2.24) is 19.7 Å². The fraction of sp³-hybridized carbons (Fsp3) is 0.444. The van der Waals surface area contributed by atoms with Crippen LogP contribution in [0.2, 0.25) is 0 Å². The lowest BCUT2D eigenvalue weighted by molar-refractivity contribution is -0.133. The van der Waals surface area contributed by atoms with Crippen LogP contribution in [0.1, 0.15) is 36.8 Å². The fourth-order valence-electron chi connectivity index (χ4n) is 4.73. The number of likely N-dealkylation sites (tertiary alicyclic amines) is 1. The Morgan fingerprint density at radius 1 is 0.939 bits per heavy atom. The Labute approximate surface area is 196 Å². The van der Waals surface area contributed by atoms with Gasteiger partial charge in [0.05, 0.1) is 0 Å². The first-order chi connectivity index (χ1) is 16.2. The smallest absolute Gasteiger partial charge is 0.246 e. The largest absolute Gasteiger partial charge is 0.340 e. The van der Waals surface area contributed by atoms with Crippen LogP contribution in [-0.4, -0.2) is 70.8 Å². The molecule has 1 aromatic carbocycles. The highest BCUT2D eigenvalue weighted by Gasteiger charge is 2.25. The number of rotatable bonds is 7. The van der Waals surface area contributed by atoms with Gasteiger partial charge in [0.15, 0.2) is 0 Å². The summed E-state index contributed by atoms with van der Waals surface area (Å²) in [7, 11) is 0. The zero-order chi connectivity index (χ0) is 22.9. The maximum absolute atomic E-state index is 12.8. The van der Waals surface area contributed by atoms with Gasteiger partial charge in [0.1, 0.15) is 0 Å². The van der Waals surface area contributed by atoms with Gasteiger partial charge in [-0.15, -0.1) is 0 Å². The van der Waals surface area contributed by atoms with Gasteiger partial charge in [-0.1, -0.05) is 30.3 Å². The van der Waals surface area contributed by atoms with Crippen LogP contribution in [0.4, 0.5) is 0 Å². The van der Waals surface area contributed by atoms with Gasteiger partial charge < -0.3 is 9.80 Å². The minimum atomic E-state index is 0.0531. The van der Waals surface area contributed by atoms with Crippen LogP contribution >= 0.6 is 0 Å². The highest BCUT2D eigenvalue weighted by atomic mass is 16.2. The summed E-state index contributed by atoms with van der Waals surface area (Å²) in [5.41, 5.74) is 2.30. The van der Waals surface area contributed by atoms with Gasteiger partial charge in [0.25, 0.3) is 0 Å². The summed E-state index contributed by atoms with van der Waals surface area (Å²) in [6.07, 6.45) is 10.5. The maximum Gasteiger partial charge on any atom is 0.246 e. The van der Waals surface area contributed by atoms with E-state index in [4.69, 9.17) is 0 Å². The molecule has 1 atom stereocenters. The summed E-state index contributed by atoms with van der Waals surface area (Å²) < 4.78 is 0. The number of benzene rings is 1. The van der Waals surface area contributed by atoms with E-state index in [0.29, 0.717) is 12.3 Å². The zero-order valence-corrected chi connectivity index (χ0v) is 19.3. The third kappa shape index (κ3) is 6.99. The molecule has 174 valence electrons. The molecule has 2 fully saturated rings. The van der Waals surface area contributed by atoms with E-state index < -0.39 is 0 Å². The summed E-state index contributed by atoms with van der Waals surface area (Å²) >= 11 is 0. The second-order valence-electron chi connectivity index (χ2n) is 9.09. The summed E-state index contributed by atoms with van der Waals surface area (Å²) in [5.74, 6) is 0.716. The van der Waals surface area contributed by atoms with E-state index in [-0.39, 0.29) is 11.8 Å². The molecule has 2 aliphatic rings. The fourth-order valence-corrected chi connectivity index (χ4v) is 4.73. The number of piperidine rings is 1. The van der Waals surface area contributed by atoms with Gasteiger partial charge in [-0.25, -0.2) is 0 Å². The van der Waals surface area contributed by atoms with Gasteiger partial charge in [-0.2, -0.15) is 0 Å². The lowest BCUT2D eigenvalue weighted by Crippen LogP contribution is -2.48. The van der Waals surface area contributed by atoms with E-state index in [0.717, 1.165) is 70.6 Å². The van der Waals surface area contributed by atoms with Crippen molar-refractivity contribution in [2.75, 3.05) is 39.3 Å². The Morgan fingerprint density at radius 3 is 2.45 bits per heavy atom. The number of pyridine rings is 1. The standard InChI is InChI=1S/C27H34N4O2/c32-26(30-19-17-29(18-20-30)21-24-5-2-1-3-6-24)11-9-25-7-4-16-31(22-25)27(33)10-8-23-12-14-28-15-13-23/h1-3,5-6,8,10,12-15,25H,4,7,9,11,16-22H2/b10-8+. The van der Waals surface area contributed by atoms with Crippen molar-refractivity contribution >= 4 is 17.9 Å². The van der Waals surface area contributed by atoms with Crippen LogP contribution in [-0.2, 0) is 16.1 Å².